The van der Waals surface area contributed by atoms with E-state index in [9.17, 15) is 27.2 Å². The molecule has 0 unspecified atom stereocenters. The number of halogens is 5. The molecular weight excluding hydrogens is 456 g/mol. The molecule has 0 saturated carbocycles. The van der Waals surface area contributed by atoms with Crippen LogP contribution in [-0.4, -0.2) is 19.4 Å². The average Bonchev–Trinajstić information content (AvgIpc) is 2.74. The number of hydrogen-bond donors (Lipinski definition) is 2. The summed E-state index contributed by atoms with van der Waals surface area (Å²) in [7, 11) is 1.22. The van der Waals surface area contributed by atoms with Crippen LogP contribution in [-0.2, 0) is 11.0 Å². The summed E-state index contributed by atoms with van der Waals surface area (Å²) < 4.78 is 64.1. The number of amides is 2. The number of carbonyl (C=O) groups excluding carboxylic acids is 2. The third-order valence-electron chi connectivity index (χ3n) is 3.96. The predicted octanol–water partition coefficient (Wildman–Crippen LogP) is 5.19. The highest BCUT2D eigenvalue weighted by Crippen LogP contribution is 2.41. The van der Waals surface area contributed by atoms with E-state index in [0.29, 0.717) is 12.5 Å². The molecule has 0 saturated heterocycles. The van der Waals surface area contributed by atoms with Crippen molar-refractivity contribution in [2.45, 2.75) is 13.1 Å². The minimum absolute atomic E-state index is 0.100. The van der Waals surface area contributed by atoms with Crippen LogP contribution in [0.1, 0.15) is 22.8 Å². The van der Waals surface area contributed by atoms with E-state index in [4.69, 9.17) is 21.1 Å². The quantitative estimate of drug-likeness (QED) is 0.315. The molecule has 2 aromatic carbocycles. The molecule has 0 aliphatic rings. The van der Waals surface area contributed by atoms with Crippen molar-refractivity contribution in [1.82, 2.24) is 10.6 Å². The number of nitrogens with one attached hydrogen (secondary N) is 2. The van der Waals surface area contributed by atoms with Crippen LogP contribution < -0.4 is 20.1 Å². The summed E-state index contributed by atoms with van der Waals surface area (Å²) in [6, 6.07) is 4.51. The topological polar surface area (TPSA) is 76.7 Å². The Bertz CT molecular complexity index is 1070. The average molecular weight is 473 g/mol. The second-order valence-electron chi connectivity index (χ2n) is 6.04. The summed E-state index contributed by atoms with van der Waals surface area (Å²) in [6.45, 7) is 1.58. The molecule has 0 atom stereocenters. The fourth-order valence-corrected chi connectivity index (χ4v) is 2.73. The van der Waals surface area contributed by atoms with Gasteiger partial charge in [0.25, 0.3) is 5.91 Å². The number of allylic oxidation sites excluding steroid dienone is 2. The molecule has 0 aromatic heterocycles. The Labute approximate surface area is 185 Å². The highest BCUT2D eigenvalue weighted by atomic mass is 35.5. The van der Waals surface area contributed by atoms with Gasteiger partial charge < -0.3 is 20.1 Å². The number of ether oxygens (including phenoxy) is 2. The van der Waals surface area contributed by atoms with Crippen LogP contribution in [0.4, 0.5) is 17.6 Å². The molecule has 0 spiro atoms. The molecule has 0 bridgehead atoms. The van der Waals surface area contributed by atoms with Gasteiger partial charge in [0.2, 0.25) is 6.41 Å². The fraction of sp³-hybridized carbons (Fsp3) is 0.143. The zero-order valence-electron chi connectivity index (χ0n) is 16.7. The van der Waals surface area contributed by atoms with E-state index in [2.05, 4.69) is 10.6 Å². The van der Waals surface area contributed by atoms with Crippen LogP contribution in [0.5, 0.6) is 17.2 Å². The van der Waals surface area contributed by atoms with E-state index in [1.165, 1.54) is 25.5 Å². The second-order valence-corrected chi connectivity index (χ2v) is 6.45. The van der Waals surface area contributed by atoms with Crippen LogP contribution in [0.3, 0.4) is 0 Å². The van der Waals surface area contributed by atoms with E-state index >= 15 is 0 Å². The third-order valence-corrected chi connectivity index (χ3v) is 4.27. The van der Waals surface area contributed by atoms with E-state index in [0.717, 1.165) is 24.3 Å². The van der Waals surface area contributed by atoms with Crippen LogP contribution in [0, 0.1) is 5.82 Å². The van der Waals surface area contributed by atoms with Gasteiger partial charge in [-0.05, 0) is 37.3 Å². The highest BCUT2D eigenvalue weighted by molar-refractivity contribution is 6.32. The van der Waals surface area contributed by atoms with E-state index in [1.54, 1.807) is 6.92 Å². The summed E-state index contributed by atoms with van der Waals surface area (Å²) in [5.41, 5.74) is -1.33. The van der Waals surface area contributed by atoms with Crippen LogP contribution in [0.15, 0.2) is 54.4 Å². The van der Waals surface area contributed by atoms with Gasteiger partial charge in [-0.1, -0.05) is 17.7 Å². The van der Waals surface area contributed by atoms with Crippen LogP contribution in [0.25, 0.3) is 0 Å². The zero-order chi connectivity index (χ0) is 23.9. The first-order valence-electron chi connectivity index (χ1n) is 8.86. The first-order chi connectivity index (χ1) is 15.1. The lowest BCUT2D eigenvalue weighted by atomic mass is 10.1. The number of methoxy groups -OCH3 is 1. The smallest absolute Gasteiger partial charge is 0.417 e. The van der Waals surface area contributed by atoms with Crippen molar-refractivity contribution in [3.8, 4) is 17.2 Å². The maximum absolute atomic E-state index is 13.5. The van der Waals surface area contributed by atoms with Gasteiger partial charge in [0.05, 0.1) is 23.3 Å². The maximum atomic E-state index is 13.5. The molecule has 2 N–H and O–H groups in total. The summed E-state index contributed by atoms with van der Waals surface area (Å²) in [5.74, 6) is -2.22. The van der Waals surface area contributed by atoms with Gasteiger partial charge in [0, 0.05) is 18.0 Å². The molecule has 0 heterocycles. The van der Waals surface area contributed by atoms with Crippen molar-refractivity contribution in [2.75, 3.05) is 7.11 Å². The van der Waals surface area contributed by atoms with E-state index < -0.39 is 34.2 Å². The predicted molar refractivity (Wildman–Crippen MR) is 109 cm³/mol. The summed E-state index contributed by atoms with van der Waals surface area (Å²) >= 11 is 5.78. The fourth-order valence-electron chi connectivity index (χ4n) is 2.46. The van der Waals surface area contributed by atoms with Crippen molar-refractivity contribution in [3.05, 3.63) is 76.3 Å². The molecule has 32 heavy (non-hydrogen) atoms. The molecule has 0 aliphatic heterocycles. The third kappa shape index (κ3) is 6.24. The molecule has 6 nitrogen and oxygen atoms in total. The van der Waals surface area contributed by atoms with Gasteiger partial charge in [-0.15, -0.1) is 0 Å². The van der Waals surface area contributed by atoms with Gasteiger partial charge in [0.1, 0.15) is 11.6 Å². The Hall–Kier alpha value is -3.53. The van der Waals surface area contributed by atoms with E-state index in [-0.39, 0.29) is 22.8 Å². The first kappa shape index (κ1) is 24.7. The molecular formula is C21H17ClF4N2O4. The molecule has 0 radical (unpaired) electrons. The summed E-state index contributed by atoms with van der Waals surface area (Å²) in [6.07, 6.45) is -0.348. The number of rotatable bonds is 8. The molecule has 2 amide bonds. The molecule has 11 heteroatoms. The molecule has 170 valence electrons. The van der Waals surface area contributed by atoms with Gasteiger partial charge in [-0.25, -0.2) is 4.39 Å². The Kier molecular flexibility index (Phi) is 8.25. The van der Waals surface area contributed by atoms with Gasteiger partial charge in [-0.2, -0.15) is 13.2 Å². The van der Waals surface area contributed by atoms with Gasteiger partial charge in [0.15, 0.2) is 11.5 Å². The Morgan fingerprint density at radius 1 is 1.12 bits per heavy atom. The van der Waals surface area contributed by atoms with Gasteiger partial charge >= 0.3 is 6.18 Å². The first-order valence-corrected chi connectivity index (χ1v) is 9.24. The van der Waals surface area contributed by atoms with Crippen molar-refractivity contribution < 1.29 is 36.6 Å². The lowest BCUT2D eigenvalue weighted by molar-refractivity contribution is -0.137. The Morgan fingerprint density at radius 2 is 1.84 bits per heavy atom. The van der Waals surface area contributed by atoms with Crippen molar-refractivity contribution in [3.63, 3.8) is 0 Å². The minimum atomic E-state index is -4.82. The normalized spacial score (nSPS) is 11.9. The largest absolute Gasteiger partial charge is 0.493 e. The summed E-state index contributed by atoms with van der Waals surface area (Å²) in [5, 5.41) is 3.99. The lowest BCUT2D eigenvalue weighted by Crippen LogP contribution is -2.23. The molecule has 0 aliphatic carbocycles. The standard InChI is InChI=1S/C21H17ClF4N2O4/c1-3-13(6-7-27-11-29)28-20(30)14-9-16(22)15(21(24,25)26)10-18(14)32-17-5-4-12(23)8-19(17)31-2/h3-11H,1-2H3,(H,27,29)(H,28,30)/b7-6-,13-3+. The van der Waals surface area contributed by atoms with Crippen molar-refractivity contribution in [2.24, 2.45) is 0 Å². The monoisotopic (exact) mass is 472 g/mol. The minimum Gasteiger partial charge on any atom is -0.493 e. The van der Waals surface area contributed by atoms with Crippen molar-refractivity contribution in [1.29, 1.82) is 0 Å². The lowest BCUT2D eigenvalue weighted by Gasteiger charge is -2.17. The molecule has 2 aromatic rings. The molecule has 2 rings (SSSR count). The Balaban J connectivity index is 2.53. The van der Waals surface area contributed by atoms with Gasteiger partial charge in [-0.3, -0.25) is 9.59 Å². The van der Waals surface area contributed by atoms with Crippen molar-refractivity contribution >= 4 is 23.9 Å². The highest BCUT2D eigenvalue weighted by Gasteiger charge is 2.35. The Morgan fingerprint density at radius 3 is 2.44 bits per heavy atom. The van der Waals surface area contributed by atoms with E-state index in [1.807, 2.05) is 0 Å². The maximum Gasteiger partial charge on any atom is 0.417 e. The van der Waals surface area contributed by atoms with Crippen LogP contribution >= 0.6 is 11.6 Å². The molecule has 0 fully saturated rings. The number of carbonyl (C=O) groups is 2. The number of alkyl halides is 3. The number of benzene rings is 2. The number of hydrogen-bond acceptors (Lipinski definition) is 4. The second kappa shape index (κ2) is 10.7. The van der Waals surface area contributed by atoms with Crippen LogP contribution in [0.2, 0.25) is 5.02 Å². The zero-order valence-corrected chi connectivity index (χ0v) is 17.5. The SMILES string of the molecule is C/C=C(\C=C/NC=O)NC(=O)c1cc(Cl)c(C(F)(F)F)cc1Oc1ccc(F)cc1OC. The summed E-state index contributed by atoms with van der Waals surface area (Å²) in [4.78, 5) is 23.1.